The zero-order valence-electron chi connectivity index (χ0n) is 16.7. The number of rotatable bonds is 8. The summed E-state index contributed by atoms with van der Waals surface area (Å²) in [6.45, 7) is 2.44. The quantitative estimate of drug-likeness (QED) is 0.421. The number of sulfonamides is 1. The number of ether oxygens (including phenoxy) is 1. The van der Waals surface area contributed by atoms with Crippen molar-refractivity contribution in [2.75, 3.05) is 6.54 Å². The number of hydrogen-bond acceptors (Lipinski definition) is 7. The lowest BCUT2D eigenvalue weighted by Crippen LogP contribution is -2.25. The van der Waals surface area contributed by atoms with Gasteiger partial charge in [0.1, 0.15) is 17.4 Å². The van der Waals surface area contributed by atoms with Crippen molar-refractivity contribution >= 4 is 32.3 Å². The number of fused-ring (bicyclic) bond motifs is 1. The summed E-state index contributed by atoms with van der Waals surface area (Å²) < 4.78 is 33.3. The van der Waals surface area contributed by atoms with E-state index in [0.29, 0.717) is 23.8 Å². The number of benzene rings is 2. The van der Waals surface area contributed by atoms with Crippen LogP contribution in [0.3, 0.4) is 0 Å². The highest BCUT2D eigenvalue weighted by atomic mass is 32.2. The molecular weight excluding hydrogens is 436 g/mol. The van der Waals surface area contributed by atoms with E-state index in [1.54, 1.807) is 12.1 Å². The minimum absolute atomic E-state index is 0.139. The summed E-state index contributed by atoms with van der Waals surface area (Å²) in [7, 11) is -3.67. The van der Waals surface area contributed by atoms with Gasteiger partial charge in [-0.1, -0.05) is 29.5 Å². The Morgan fingerprint density at radius 2 is 1.90 bits per heavy atom. The van der Waals surface area contributed by atoms with E-state index in [1.165, 1.54) is 12.1 Å². The fourth-order valence-electron chi connectivity index (χ4n) is 3.13. The lowest BCUT2D eigenvalue weighted by Gasteiger charge is -2.11. The van der Waals surface area contributed by atoms with Crippen LogP contribution in [0.25, 0.3) is 10.9 Å². The molecule has 31 heavy (non-hydrogen) atoms. The van der Waals surface area contributed by atoms with Crippen molar-refractivity contribution in [2.45, 2.75) is 24.8 Å². The Labute approximate surface area is 183 Å². The standard InChI is InChI=1S/C21H20N4O4S2/c1-14-12-15(18-4-2-3-5-19(18)23-14)13-29-16-6-8-17(9-7-16)31(27,28)22-11-10-20-24-25-21(26)30-20/h2-9,12,22H,10-11,13H2,1H3,(H,25,26). The molecule has 0 fully saturated rings. The van der Waals surface area contributed by atoms with Crippen molar-refractivity contribution in [1.82, 2.24) is 19.9 Å². The Hall–Kier alpha value is -3.08. The lowest BCUT2D eigenvalue weighted by molar-refractivity contribution is 0.307. The Kier molecular flexibility index (Phi) is 6.12. The Bertz CT molecular complexity index is 1360. The average Bonchev–Trinajstić information content (AvgIpc) is 3.17. The van der Waals surface area contributed by atoms with Gasteiger partial charge in [-0.15, -0.1) is 0 Å². The van der Waals surface area contributed by atoms with E-state index in [-0.39, 0.29) is 16.3 Å². The third-order valence-electron chi connectivity index (χ3n) is 4.57. The van der Waals surface area contributed by atoms with Crippen molar-refractivity contribution < 1.29 is 13.2 Å². The Morgan fingerprint density at radius 3 is 2.65 bits per heavy atom. The van der Waals surface area contributed by atoms with Crippen LogP contribution in [0, 0.1) is 6.92 Å². The van der Waals surface area contributed by atoms with Crippen LogP contribution in [0.15, 0.2) is 64.3 Å². The Morgan fingerprint density at radius 1 is 1.13 bits per heavy atom. The summed E-state index contributed by atoms with van der Waals surface area (Å²) in [5, 5.41) is 7.70. The molecule has 0 saturated carbocycles. The molecule has 2 aromatic carbocycles. The van der Waals surface area contributed by atoms with Crippen molar-refractivity contribution in [3.05, 3.63) is 80.5 Å². The highest BCUT2D eigenvalue weighted by molar-refractivity contribution is 7.89. The molecule has 0 saturated heterocycles. The van der Waals surface area contributed by atoms with Crippen LogP contribution in [0.2, 0.25) is 0 Å². The van der Waals surface area contributed by atoms with Gasteiger partial charge in [0, 0.05) is 29.6 Å². The SMILES string of the molecule is Cc1cc(COc2ccc(S(=O)(=O)NCCc3n[nH]c(=O)s3)cc2)c2ccccc2n1. The first-order chi connectivity index (χ1) is 14.9. The number of para-hydroxylation sites is 1. The maximum atomic E-state index is 12.5. The zero-order valence-corrected chi connectivity index (χ0v) is 18.3. The minimum atomic E-state index is -3.67. The molecular formula is C21H20N4O4S2. The first-order valence-electron chi connectivity index (χ1n) is 9.53. The van der Waals surface area contributed by atoms with Crippen molar-refractivity contribution in [1.29, 1.82) is 0 Å². The molecule has 4 rings (SSSR count). The number of pyridine rings is 1. The van der Waals surface area contributed by atoms with Gasteiger partial charge in [-0.2, -0.15) is 5.10 Å². The number of H-pyrrole nitrogens is 1. The molecule has 0 radical (unpaired) electrons. The molecule has 0 atom stereocenters. The van der Waals surface area contributed by atoms with E-state index in [2.05, 4.69) is 19.9 Å². The number of hydrogen-bond donors (Lipinski definition) is 2. The van der Waals surface area contributed by atoms with E-state index in [0.717, 1.165) is 33.5 Å². The van der Waals surface area contributed by atoms with Crippen LogP contribution in [0.5, 0.6) is 5.75 Å². The Balaban J connectivity index is 1.39. The summed E-state index contributed by atoms with van der Waals surface area (Å²) in [4.78, 5) is 15.5. The topological polar surface area (TPSA) is 114 Å². The van der Waals surface area contributed by atoms with Gasteiger partial charge in [0.15, 0.2) is 0 Å². The number of nitrogens with one attached hydrogen (secondary N) is 2. The molecule has 0 amide bonds. The summed E-state index contributed by atoms with van der Waals surface area (Å²) in [5.41, 5.74) is 2.84. The first-order valence-corrected chi connectivity index (χ1v) is 11.8. The van der Waals surface area contributed by atoms with Gasteiger partial charge >= 0.3 is 4.87 Å². The molecule has 0 aliphatic heterocycles. The van der Waals surface area contributed by atoms with Gasteiger partial charge in [-0.25, -0.2) is 18.2 Å². The summed E-state index contributed by atoms with van der Waals surface area (Å²) in [5.74, 6) is 0.568. The fraction of sp³-hybridized carbons (Fsp3) is 0.190. The maximum absolute atomic E-state index is 12.5. The smallest absolute Gasteiger partial charge is 0.322 e. The summed E-state index contributed by atoms with van der Waals surface area (Å²) in [6, 6.07) is 16.1. The average molecular weight is 457 g/mol. The predicted octanol–water partition coefficient (Wildman–Crippen LogP) is 2.79. The monoisotopic (exact) mass is 456 g/mol. The van der Waals surface area contributed by atoms with E-state index < -0.39 is 10.0 Å². The van der Waals surface area contributed by atoms with Crippen LogP contribution in [-0.4, -0.2) is 30.1 Å². The van der Waals surface area contributed by atoms with Crippen molar-refractivity contribution in [3.63, 3.8) is 0 Å². The first kappa shape index (κ1) is 21.2. The molecule has 0 aliphatic carbocycles. The molecule has 2 heterocycles. The predicted molar refractivity (Wildman–Crippen MR) is 119 cm³/mol. The van der Waals surface area contributed by atoms with E-state index >= 15 is 0 Å². The molecule has 4 aromatic rings. The molecule has 160 valence electrons. The van der Waals surface area contributed by atoms with Crippen molar-refractivity contribution in [3.8, 4) is 5.75 Å². The second-order valence-electron chi connectivity index (χ2n) is 6.85. The molecule has 0 unspecified atom stereocenters. The van der Waals surface area contributed by atoms with Crippen LogP contribution >= 0.6 is 11.3 Å². The van der Waals surface area contributed by atoms with Gasteiger partial charge < -0.3 is 4.74 Å². The summed E-state index contributed by atoms with van der Waals surface area (Å²) >= 11 is 0.964. The molecule has 0 aliphatic rings. The van der Waals surface area contributed by atoms with Gasteiger partial charge in [0.05, 0.1) is 10.4 Å². The van der Waals surface area contributed by atoms with Crippen LogP contribution < -0.4 is 14.3 Å². The fourth-order valence-corrected chi connectivity index (χ4v) is 4.77. The number of aromatic amines is 1. The lowest BCUT2D eigenvalue weighted by atomic mass is 10.1. The van der Waals surface area contributed by atoms with Gasteiger partial charge in [-0.05, 0) is 43.3 Å². The highest BCUT2D eigenvalue weighted by Gasteiger charge is 2.14. The second-order valence-corrected chi connectivity index (χ2v) is 9.67. The van der Waals surface area contributed by atoms with Gasteiger partial charge in [-0.3, -0.25) is 9.78 Å². The molecule has 2 N–H and O–H groups in total. The van der Waals surface area contributed by atoms with Crippen LogP contribution in [0.4, 0.5) is 0 Å². The van der Waals surface area contributed by atoms with Crippen molar-refractivity contribution in [2.24, 2.45) is 0 Å². The molecule has 8 nitrogen and oxygen atoms in total. The van der Waals surface area contributed by atoms with E-state index in [1.807, 2.05) is 37.3 Å². The largest absolute Gasteiger partial charge is 0.489 e. The second kappa shape index (κ2) is 8.96. The van der Waals surface area contributed by atoms with Gasteiger partial charge in [0.2, 0.25) is 10.0 Å². The third kappa shape index (κ3) is 5.16. The minimum Gasteiger partial charge on any atom is -0.489 e. The summed E-state index contributed by atoms with van der Waals surface area (Å²) in [6.07, 6.45) is 0.336. The van der Waals surface area contributed by atoms with Gasteiger partial charge in [0.25, 0.3) is 0 Å². The number of aromatic nitrogens is 3. The third-order valence-corrected chi connectivity index (χ3v) is 6.86. The molecule has 0 bridgehead atoms. The molecule has 0 spiro atoms. The molecule has 2 aromatic heterocycles. The van der Waals surface area contributed by atoms with E-state index in [4.69, 9.17) is 4.74 Å². The highest BCUT2D eigenvalue weighted by Crippen LogP contribution is 2.21. The number of aryl methyl sites for hydroxylation is 1. The molecule has 10 heteroatoms. The number of nitrogens with zero attached hydrogens (tertiary/aromatic N) is 2. The van der Waals surface area contributed by atoms with E-state index in [9.17, 15) is 13.2 Å². The van der Waals surface area contributed by atoms with Crippen LogP contribution in [0.1, 0.15) is 16.3 Å². The maximum Gasteiger partial charge on any atom is 0.322 e. The van der Waals surface area contributed by atoms with Crippen LogP contribution in [-0.2, 0) is 23.1 Å². The zero-order chi connectivity index (χ0) is 21.8. The normalized spacial score (nSPS) is 11.6.